The Labute approximate surface area is 503 Å². The van der Waals surface area contributed by atoms with Gasteiger partial charge in [0.2, 0.25) is 0 Å². The van der Waals surface area contributed by atoms with Crippen molar-refractivity contribution in [2.45, 2.75) is 110 Å². The molecule has 0 saturated carbocycles. The van der Waals surface area contributed by atoms with Gasteiger partial charge in [-0.25, -0.2) is 0 Å². The van der Waals surface area contributed by atoms with Crippen LogP contribution >= 0.6 is 15.9 Å². The van der Waals surface area contributed by atoms with Gasteiger partial charge in [-0.15, -0.1) is 0 Å². The molecule has 85 heavy (non-hydrogen) atoms. The molecule has 0 bridgehead atoms. The van der Waals surface area contributed by atoms with Crippen LogP contribution in [0.15, 0.2) is 108 Å². The van der Waals surface area contributed by atoms with Gasteiger partial charge in [0.15, 0.2) is 17.3 Å². The first-order valence-electron chi connectivity index (χ1n) is 28.4. The Morgan fingerprint density at radius 2 is 0.941 bits per heavy atom. The number of Topliss-reactive ketones (excluding diaryl/α,β-unsaturated/α-hetero) is 3. The van der Waals surface area contributed by atoms with Crippen molar-refractivity contribution >= 4 is 33.3 Å². The van der Waals surface area contributed by atoms with Crippen LogP contribution in [0.3, 0.4) is 0 Å². The second-order valence-corrected chi connectivity index (χ2v) is 23.4. The maximum atomic E-state index is 13.5. The minimum absolute atomic E-state index is 0.0137. The van der Waals surface area contributed by atoms with Gasteiger partial charge in [0.25, 0.3) is 0 Å². The molecule has 7 atom stereocenters. The van der Waals surface area contributed by atoms with Crippen LogP contribution in [0, 0.1) is 20.8 Å². The van der Waals surface area contributed by atoms with E-state index in [0.29, 0.717) is 88.2 Å². The first kappa shape index (κ1) is 58.4. The average molecular weight is 1220 g/mol. The highest BCUT2D eigenvalue weighted by molar-refractivity contribution is 9.09. The first-order valence-corrected chi connectivity index (χ1v) is 29.5. The highest BCUT2D eigenvalue weighted by Crippen LogP contribution is 2.52. The lowest BCUT2D eigenvalue weighted by Gasteiger charge is -2.38. The molecule has 0 spiro atoms. The van der Waals surface area contributed by atoms with E-state index in [1.54, 1.807) is 45.6 Å². The van der Waals surface area contributed by atoms with Gasteiger partial charge in [0.1, 0.15) is 113 Å². The van der Waals surface area contributed by atoms with Crippen molar-refractivity contribution in [3.63, 3.8) is 0 Å². The van der Waals surface area contributed by atoms with Crippen LogP contribution in [0.4, 0.5) is 0 Å². The molecule has 0 aliphatic carbocycles. The van der Waals surface area contributed by atoms with E-state index in [9.17, 15) is 24.6 Å². The third-order valence-electron chi connectivity index (χ3n) is 16.8. The Bertz CT molecular complexity index is 3790. The number of allylic oxidation sites excluding steroid dienone is 4. The average Bonchev–Trinajstić information content (AvgIpc) is 2.23. The van der Waals surface area contributed by atoms with Crippen molar-refractivity contribution < 1.29 is 72.0 Å². The van der Waals surface area contributed by atoms with Gasteiger partial charge in [-0.2, -0.15) is 0 Å². The van der Waals surface area contributed by atoms with Gasteiger partial charge in [0, 0.05) is 45.1 Å². The molecule has 0 amide bonds. The van der Waals surface area contributed by atoms with Crippen LogP contribution in [0.1, 0.15) is 127 Å². The van der Waals surface area contributed by atoms with Crippen molar-refractivity contribution in [1.29, 1.82) is 0 Å². The molecule has 13 rings (SSSR count). The summed E-state index contributed by atoms with van der Waals surface area (Å²) in [4.78, 5) is 40.4. The molecule has 0 aromatic heterocycles. The zero-order valence-corrected chi connectivity index (χ0v) is 50.9. The summed E-state index contributed by atoms with van der Waals surface area (Å²) in [5, 5.41) is 21.5. The third-order valence-corrected chi connectivity index (χ3v) is 17.7. The first-order chi connectivity index (χ1) is 40.8. The lowest BCUT2D eigenvalue weighted by molar-refractivity contribution is 0.0548. The second-order valence-electron chi connectivity index (χ2n) is 22.8. The van der Waals surface area contributed by atoms with Crippen molar-refractivity contribution in [2.75, 3.05) is 46.5 Å². The number of carbonyl (C=O) groups is 3. The van der Waals surface area contributed by atoms with E-state index < -0.39 is 30.0 Å². The molecular weight excluding hydrogens is 1150 g/mol. The zero-order chi connectivity index (χ0) is 60.3. The smallest absolute Gasteiger partial charge is 0.178 e. The van der Waals surface area contributed by atoms with E-state index in [1.165, 1.54) is 0 Å². The molecule has 0 unspecified atom stereocenters. The third kappa shape index (κ3) is 10.7. The van der Waals surface area contributed by atoms with E-state index in [-0.39, 0.29) is 54.3 Å². The summed E-state index contributed by atoms with van der Waals surface area (Å²) in [6, 6.07) is 21.5. The Morgan fingerprint density at radius 1 is 0.553 bits per heavy atom. The Hall–Kier alpha value is -8.37. The zero-order valence-electron chi connectivity index (χ0n) is 49.4. The number of hydrogen-bond acceptors (Lipinski definition) is 15. The molecule has 2 N–H and O–H groups in total. The number of benzene rings is 6. The normalized spacial score (nSPS) is 21.2. The summed E-state index contributed by atoms with van der Waals surface area (Å²) in [5.41, 5.74) is 12.3. The number of aryl methyl sites for hydroxylation is 3. The standard InChI is InChI=1S/C23H23BrO5.C23H22O5.C23H24O5/c1-12(10-24)4-5-14-17(25)7-6-15-22(26)21-16-9-18(27-3)13(2)8-19(16)28-11-20(21)29-23(14)15;1-11(2)17-9-15-16(27-17)6-5-13-22(24)21-14-8-18(25-4)12(3)7-19(14)26-10-20(21)28-23(13)15;1-12(2)5-6-14-17(24)8-7-15-22(25)21-16-10-18(26-4)13(3)9-19(16)27-11-20(21)28-23(14)15/h4,6-9,20-21,25H,5,10-11H2,1-3H3;5-8,17,20-21H,1,9-10H2,2-4H3;5,7-10,20-21,24H,6,11H2,1-4H3/b12-4-;;/t20-,21+;17-,20-,21+;20-,21+/m111/s1. The summed E-state index contributed by atoms with van der Waals surface area (Å²) >= 11 is 3.43. The quantitative estimate of drug-likeness (QED) is 0.103. The van der Waals surface area contributed by atoms with E-state index in [1.807, 2.05) is 109 Å². The molecule has 6 aromatic rings. The predicted octanol–water partition coefficient (Wildman–Crippen LogP) is 13.1. The lowest BCUT2D eigenvalue weighted by Crippen LogP contribution is -2.43. The molecule has 7 aliphatic heterocycles. The largest absolute Gasteiger partial charge is 0.508 e. The highest BCUT2D eigenvalue weighted by atomic mass is 79.9. The number of fused-ring (bicyclic) bond motifs is 14. The van der Waals surface area contributed by atoms with Gasteiger partial charge in [-0.3, -0.25) is 14.4 Å². The van der Waals surface area contributed by atoms with Crippen molar-refractivity contribution in [1.82, 2.24) is 0 Å². The number of rotatable bonds is 9. The van der Waals surface area contributed by atoms with E-state index in [2.05, 4.69) is 22.5 Å². The molecule has 0 fully saturated rings. The van der Waals surface area contributed by atoms with E-state index in [4.69, 9.17) is 47.4 Å². The summed E-state index contributed by atoms with van der Waals surface area (Å²) in [5.74, 6) is 5.61. The number of alkyl halides is 1. The fourth-order valence-corrected chi connectivity index (χ4v) is 12.4. The van der Waals surface area contributed by atoms with Gasteiger partial charge in [0.05, 0.1) is 55.8 Å². The molecule has 15 nitrogen and oxygen atoms in total. The molecule has 442 valence electrons. The van der Waals surface area contributed by atoms with Gasteiger partial charge in [-0.05, 0) is 156 Å². The van der Waals surface area contributed by atoms with Gasteiger partial charge < -0.3 is 57.6 Å². The fourth-order valence-electron chi connectivity index (χ4n) is 12.2. The predicted molar refractivity (Wildman–Crippen MR) is 324 cm³/mol. The fraction of sp³-hybridized carbons (Fsp3) is 0.348. The number of methoxy groups -OCH3 is 3. The monoisotopic (exact) mass is 1220 g/mol. The molecule has 0 radical (unpaired) electrons. The van der Waals surface area contributed by atoms with Crippen LogP contribution < -0.4 is 47.4 Å². The topological polar surface area (TPSA) is 184 Å². The van der Waals surface area contributed by atoms with Crippen LogP contribution in [0.5, 0.6) is 69.0 Å². The molecule has 0 saturated heterocycles. The molecule has 16 heteroatoms. The number of aromatic hydroxyl groups is 2. The Balaban J connectivity index is 0.000000133. The number of phenols is 2. The maximum absolute atomic E-state index is 13.5. The number of hydrogen-bond donors (Lipinski definition) is 2. The number of ether oxygens (including phenoxy) is 10. The van der Waals surface area contributed by atoms with Crippen molar-refractivity contribution in [3.8, 4) is 69.0 Å². The SMILES string of the molecule is C=C(C)[C@H]1Cc2c(ccc3c2O[C@@H]2COc4cc(C)c(OC)cc4[C@@H]2C3=O)O1.COc1cc2c(cc1C)OC[C@H]1Oc3c(ccc(O)c3C/C=C(/C)CBr)C(=O)[C@@H]21.COc1cc2c(cc1C)OC[C@H]1Oc3c(ccc(O)c3CC=C(C)C)C(=O)[C@@H]21. The molecule has 7 aliphatic rings. The number of phenolic OH excluding ortho intramolecular Hbond substituents is 2. The second kappa shape index (κ2) is 23.6. The number of ketones is 3. The summed E-state index contributed by atoms with van der Waals surface area (Å²) in [6.45, 7) is 18.7. The molecule has 7 heterocycles. The van der Waals surface area contributed by atoms with Crippen LogP contribution in [-0.4, -0.2) is 98.5 Å². The van der Waals surface area contributed by atoms with E-state index >= 15 is 0 Å². The molecule has 6 aromatic carbocycles. The van der Waals surface area contributed by atoms with Crippen LogP contribution in [0.2, 0.25) is 0 Å². The highest BCUT2D eigenvalue weighted by Gasteiger charge is 2.48. The minimum Gasteiger partial charge on any atom is -0.508 e. The molecular formula is C69H69BrO15. The van der Waals surface area contributed by atoms with Crippen molar-refractivity contribution in [3.05, 3.63) is 175 Å². The Morgan fingerprint density at radius 3 is 1.33 bits per heavy atom. The number of halogens is 1. The van der Waals surface area contributed by atoms with Gasteiger partial charge >= 0.3 is 0 Å². The van der Waals surface area contributed by atoms with Crippen molar-refractivity contribution in [2.24, 2.45) is 0 Å². The minimum atomic E-state index is -0.460. The summed E-state index contributed by atoms with van der Waals surface area (Å²) < 4.78 is 58.9. The summed E-state index contributed by atoms with van der Waals surface area (Å²) in [6.07, 6.45) is 4.37. The van der Waals surface area contributed by atoms with Gasteiger partial charge in [-0.1, -0.05) is 45.8 Å². The number of carbonyl (C=O) groups excluding carboxylic acids is 3. The van der Waals surface area contributed by atoms with Crippen LogP contribution in [0.25, 0.3) is 0 Å². The Kier molecular flexibility index (Phi) is 16.2. The lowest BCUT2D eigenvalue weighted by atomic mass is 9.81. The maximum Gasteiger partial charge on any atom is 0.178 e. The van der Waals surface area contributed by atoms with E-state index in [0.717, 1.165) is 84.0 Å². The summed E-state index contributed by atoms with van der Waals surface area (Å²) in [7, 11) is 4.86. The van der Waals surface area contributed by atoms with Crippen LogP contribution in [-0.2, 0) is 19.3 Å².